The average molecular weight is 238 g/mol. The van der Waals surface area contributed by atoms with Crippen LogP contribution in [0.5, 0.6) is 0 Å². The van der Waals surface area contributed by atoms with Gasteiger partial charge in [0.25, 0.3) is 0 Å². The lowest BCUT2D eigenvalue weighted by molar-refractivity contribution is -0.157. The summed E-state index contributed by atoms with van der Waals surface area (Å²) in [6, 6.07) is 3.82. The smallest absolute Gasteiger partial charge is 0.318 e. The molecule has 5 heteroatoms. The fourth-order valence-corrected chi connectivity index (χ4v) is 1.48. The van der Waals surface area contributed by atoms with Crippen molar-refractivity contribution in [1.82, 2.24) is 9.88 Å². The second-order valence-corrected chi connectivity index (χ2v) is 4.60. The number of aromatic amines is 1. The van der Waals surface area contributed by atoms with E-state index in [2.05, 4.69) is 4.98 Å². The first kappa shape index (κ1) is 13.3. The zero-order valence-corrected chi connectivity index (χ0v) is 10.4. The van der Waals surface area contributed by atoms with Gasteiger partial charge in [-0.1, -0.05) is 0 Å². The van der Waals surface area contributed by atoms with Gasteiger partial charge in [0.05, 0.1) is 0 Å². The number of hydrogen-bond acceptors (Lipinski definition) is 2. The number of H-pyrrole nitrogens is 1. The van der Waals surface area contributed by atoms with Crippen molar-refractivity contribution in [3.63, 3.8) is 0 Å². The Hall–Kier alpha value is -1.78. The SMILES string of the molecule is CN(CCc1ccc[nH]1)C(=O)C(C)(C)C(=O)O. The van der Waals surface area contributed by atoms with Crippen LogP contribution in [0.25, 0.3) is 0 Å². The Labute approximate surface area is 100 Å². The van der Waals surface area contributed by atoms with Crippen molar-refractivity contribution in [3.8, 4) is 0 Å². The minimum atomic E-state index is -1.37. The molecule has 1 heterocycles. The number of nitrogens with zero attached hydrogens (tertiary/aromatic N) is 1. The predicted octanol–water partition coefficient (Wildman–Crippen LogP) is 1.13. The minimum absolute atomic E-state index is 0.378. The van der Waals surface area contributed by atoms with Gasteiger partial charge in [0.15, 0.2) is 0 Å². The first-order valence-corrected chi connectivity index (χ1v) is 5.47. The number of likely N-dealkylation sites (N-methyl/N-ethyl adjacent to an activating group) is 1. The molecule has 1 aromatic rings. The normalized spacial score (nSPS) is 11.2. The summed E-state index contributed by atoms with van der Waals surface area (Å²) in [5.74, 6) is -1.48. The van der Waals surface area contributed by atoms with Crippen LogP contribution in [0.1, 0.15) is 19.5 Å². The van der Waals surface area contributed by atoms with E-state index in [1.165, 1.54) is 18.7 Å². The Morgan fingerprint density at radius 2 is 2.12 bits per heavy atom. The van der Waals surface area contributed by atoms with Gasteiger partial charge in [-0.3, -0.25) is 9.59 Å². The number of carboxylic acids is 1. The maximum atomic E-state index is 11.9. The van der Waals surface area contributed by atoms with Gasteiger partial charge in [0.1, 0.15) is 5.41 Å². The Balaban J connectivity index is 2.56. The van der Waals surface area contributed by atoms with Crippen molar-refractivity contribution in [2.24, 2.45) is 5.41 Å². The first-order valence-electron chi connectivity index (χ1n) is 5.47. The Kier molecular flexibility index (Phi) is 3.93. The highest BCUT2D eigenvalue weighted by Crippen LogP contribution is 2.18. The first-order chi connectivity index (χ1) is 7.85. The highest BCUT2D eigenvalue weighted by molar-refractivity contribution is 6.00. The van der Waals surface area contributed by atoms with E-state index in [0.717, 1.165) is 5.69 Å². The Morgan fingerprint density at radius 3 is 2.59 bits per heavy atom. The monoisotopic (exact) mass is 238 g/mol. The van der Waals surface area contributed by atoms with E-state index in [4.69, 9.17) is 5.11 Å². The fourth-order valence-electron chi connectivity index (χ4n) is 1.48. The molecule has 0 radical (unpaired) electrons. The molecule has 0 aliphatic heterocycles. The lowest BCUT2D eigenvalue weighted by Gasteiger charge is -2.25. The van der Waals surface area contributed by atoms with Crippen molar-refractivity contribution >= 4 is 11.9 Å². The third-order valence-corrected chi connectivity index (χ3v) is 2.79. The van der Waals surface area contributed by atoms with Gasteiger partial charge in [0.2, 0.25) is 5.91 Å². The van der Waals surface area contributed by atoms with Crippen molar-refractivity contribution in [2.75, 3.05) is 13.6 Å². The van der Waals surface area contributed by atoms with Crippen LogP contribution in [0.15, 0.2) is 18.3 Å². The third-order valence-electron chi connectivity index (χ3n) is 2.79. The number of rotatable bonds is 5. The van der Waals surface area contributed by atoms with Crippen LogP contribution >= 0.6 is 0 Å². The molecule has 5 nitrogen and oxygen atoms in total. The molecule has 1 amide bonds. The zero-order valence-electron chi connectivity index (χ0n) is 10.4. The van der Waals surface area contributed by atoms with Crippen LogP contribution in [0, 0.1) is 5.41 Å². The predicted molar refractivity (Wildman–Crippen MR) is 63.6 cm³/mol. The molecule has 0 atom stereocenters. The molecule has 0 unspecified atom stereocenters. The summed E-state index contributed by atoms with van der Waals surface area (Å²) in [7, 11) is 1.62. The standard InChI is InChI=1S/C12H18N2O3/c1-12(2,11(16)17)10(15)14(3)8-6-9-5-4-7-13-9/h4-5,7,13H,6,8H2,1-3H3,(H,16,17). The van der Waals surface area contributed by atoms with Crippen LogP contribution in [-0.4, -0.2) is 40.5 Å². The second kappa shape index (κ2) is 5.03. The van der Waals surface area contributed by atoms with Gasteiger partial charge in [0, 0.05) is 31.9 Å². The molecule has 0 saturated carbocycles. The Morgan fingerprint density at radius 1 is 1.47 bits per heavy atom. The number of carboxylic acid groups (broad SMARTS) is 1. The highest BCUT2D eigenvalue weighted by Gasteiger charge is 2.37. The number of aromatic nitrogens is 1. The molecule has 0 bridgehead atoms. The van der Waals surface area contributed by atoms with Crippen molar-refractivity contribution in [3.05, 3.63) is 24.0 Å². The van der Waals surface area contributed by atoms with Gasteiger partial charge in [-0.05, 0) is 26.0 Å². The van der Waals surface area contributed by atoms with Gasteiger partial charge in [-0.25, -0.2) is 0 Å². The number of amides is 1. The Bertz CT molecular complexity index is 396. The van der Waals surface area contributed by atoms with E-state index in [0.29, 0.717) is 13.0 Å². The maximum absolute atomic E-state index is 11.9. The summed E-state index contributed by atoms with van der Waals surface area (Å²) in [5.41, 5.74) is -0.345. The second-order valence-electron chi connectivity index (χ2n) is 4.60. The quantitative estimate of drug-likeness (QED) is 0.755. The molecular weight excluding hydrogens is 220 g/mol. The summed E-state index contributed by atoms with van der Waals surface area (Å²) in [6.07, 6.45) is 2.50. The molecule has 0 fully saturated rings. The topological polar surface area (TPSA) is 73.4 Å². The zero-order chi connectivity index (χ0) is 13.1. The summed E-state index contributed by atoms with van der Waals surface area (Å²) < 4.78 is 0. The van der Waals surface area contributed by atoms with Crippen LogP contribution in [0.2, 0.25) is 0 Å². The summed E-state index contributed by atoms with van der Waals surface area (Å²) in [5, 5.41) is 8.96. The summed E-state index contributed by atoms with van der Waals surface area (Å²) in [6.45, 7) is 3.33. The van der Waals surface area contributed by atoms with Gasteiger partial charge in [-0.2, -0.15) is 0 Å². The number of hydrogen-bond donors (Lipinski definition) is 2. The highest BCUT2D eigenvalue weighted by atomic mass is 16.4. The summed E-state index contributed by atoms with van der Waals surface area (Å²) >= 11 is 0. The van der Waals surface area contributed by atoms with Gasteiger partial charge < -0.3 is 15.0 Å². The van der Waals surface area contributed by atoms with Crippen molar-refractivity contribution < 1.29 is 14.7 Å². The molecule has 0 aliphatic rings. The van der Waals surface area contributed by atoms with E-state index < -0.39 is 11.4 Å². The minimum Gasteiger partial charge on any atom is -0.480 e. The van der Waals surface area contributed by atoms with Crippen molar-refractivity contribution in [1.29, 1.82) is 0 Å². The van der Waals surface area contributed by atoms with E-state index in [1.807, 2.05) is 18.3 Å². The lowest BCUT2D eigenvalue weighted by Crippen LogP contribution is -2.44. The molecular formula is C12H18N2O3. The van der Waals surface area contributed by atoms with Crippen LogP contribution in [0.3, 0.4) is 0 Å². The lowest BCUT2D eigenvalue weighted by atomic mass is 9.92. The number of carbonyl (C=O) groups is 2. The van der Waals surface area contributed by atoms with E-state index >= 15 is 0 Å². The summed E-state index contributed by atoms with van der Waals surface area (Å²) in [4.78, 5) is 27.3. The molecule has 0 aromatic carbocycles. The van der Waals surface area contributed by atoms with E-state index in [-0.39, 0.29) is 5.91 Å². The average Bonchev–Trinajstić information content (AvgIpc) is 2.77. The number of aliphatic carboxylic acids is 1. The fraction of sp³-hybridized carbons (Fsp3) is 0.500. The van der Waals surface area contributed by atoms with Crippen LogP contribution in [0.4, 0.5) is 0 Å². The molecule has 94 valence electrons. The van der Waals surface area contributed by atoms with Gasteiger partial charge >= 0.3 is 5.97 Å². The van der Waals surface area contributed by atoms with E-state index in [9.17, 15) is 9.59 Å². The molecule has 17 heavy (non-hydrogen) atoms. The number of carbonyl (C=O) groups excluding carboxylic acids is 1. The van der Waals surface area contributed by atoms with Crippen LogP contribution in [-0.2, 0) is 16.0 Å². The molecule has 1 aromatic heterocycles. The molecule has 0 saturated heterocycles. The van der Waals surface area contributed by atoms with Crippen molar-refractivity contribution in [2.45, 2.75) is 20.3 Å². The molecule has 0 aliphatic carbocycles. The maximum Gasteiger partial charge on any atom is 0.318 e. The largest absolute Gasteiger partial charge is 0.480 e. The molecule has 1 rings (SSSR count). The van der Waals surface area contributed by atoms with Crippen LogP contribution < -0.4 is 0 Å². The third kappa shape index (κ3) is 3.09. The van der Waals surface area contributed by atoms with E-state index in [1.54, 1.807) is 7.05 Å². The molecule has 2 N–H and O–H groups in total. The number of nitrogens with one attached hydrogen (secondary N) is 1. The van der Waals surface area contributed by atoms with Gasteiger partial charge in [-0.15, -0.1) is 0 Å². The molecule has 0 spiro atoms.